The SMILES string of the molecule is COC[C@@H](NC(=O)N1CCC=C(Br)C1)[C@H]1CCCO1. The summed E-state index contributed by atoms with van der Waals surface area (Å²) in [7, 11) is 1.65. The van der Waals surface area contributed by atoms with Crippen molar-refractivity contribution in [3.8, 4) is 0 Å². The van der Waals surface area contributed by atoms with Crippen LogP contribution in [0.5, 0.6) is 0 Å². The van der Waals surface area contributed by atoms with E-state index in [-0.39, 0.29) is 18.2 Å². The van der Waals surface area contributed by atoms with Crippen molar-refractivity contribution in [2.45, 2.75) is 31.4 Å². The zero-order valence-corrected chi connectivity index (χ0v) is 12.8. The van der Waals surface area contributed by atoms with Gasteiger partial charge in [0.15, 0.2) is 0 Å². The van der Waals surface area contributed by atoms with E-state index in [1.165, 1.54) is 0 Å². The lowest BCUT2D eigenvalue weighted by Gasteiger charge is -2.30. The Labute approximate surface area is 122 Å². The van der Waals surface area contributed by atoms with Crippen LogP contribution in [0.1, 0.15) is 19.3 Å². The highest BCUT2D eigenvalue weighted by Gasteiger charge is 2.29. The molecule has 0 aromatic heterocycles. The van der Waals surface area contributed by atoms with Gasteiger partial charge in [0.05, 0.1) is 25.3 Å². The fourth-order valence-electron chi connectivity index (χ4n) is 2.47. The predicted molar refractivity (Wildman–Crippen MR) is 76.4 cm³/mol. The van der Waals surface area contributed by atoms with E-state index in [0.29, 0.717) is 13.2 Å². The van der Waals surface area contributed by atoms with Gasteiger partial charge < -0.3 is 19.7 Å². The molecular weight excluding hydrogens is 312 g/mol. The second-order valence-electron chi connectivity index (χ2n) is 4.92. The highest BCUT2D eigenvalue weighted by molar-refractivity contribution is 9.11. The van der Waals surface area contributed by atoms with Crippen molar-refractivity contribution in [1.82, 2.24) is 10.2 Å². The average Bonchev–Trinajstić information content (AvgIpc) is 2.92. The summed E-state index contributed by atoms with van der Waals surface area (Å²) in [6, 6.07) is -0.104. The Bertz CT molecular complexity index is 343. The quantitative estimate of drug-likeness (QED) is 0.855. The molecule has 2 rings (SSSR count). The molecular formula is C13H21BrN2O3. The Morgan fingerprint density at radius 2 is 2.58 bits per heavy atom. The Kier molecular flexibility index (Phi) is 5.66. The van der Waals surface area contributed by atoms with Crippen molar-refractivity contribution in [2.75, 3.05) is 33.4 Å². The average molecular weight is 333 g/mol. The van der Waals surface area contributed by atoms with Crippen molar-refractivity contribution >= 4 is 22.0 Å². The lowest BCUT2D eigenvalue weighted by atomic mass is 10.1. The maximum Gasteiger partial charge on any atom is 0.318 e. The number of ether oxygens (including phenoxy) is 2. The highest BCUT2D eigenvalue weighted by Crippen LogP contribution is 2.18. The van der Waals surface area contributed by atoms with Gasteiger partial charge in [-0.05, 0) is 19.3 Å². The Morgan fingerprint density at radius 3 is 3.21 bits per heavy atom. The van der Waals surface area contributed by atoms with Crippen molar-refractivity contribution in [2.24, 2.45) is 0 Å². The first kappa shape index (κ1) is 14.8. The van der Waals surface area contributed by atoms with E-state index in [1.54, 1.807) is 7.11 Å². The summed E-state index contributed by atoms with van der Waals surface area (Å²) in [5.41, 5.74) is 0. The fraction of sp³-hybridized carbons (Fsp3) is 0.769. The molecule has 2 aliphatic rings. The smallest absolute Gasteiger partial charge is 0.318 e. The van der Waals surface area contributed by atoms with E-state index in [2.05, 4.69) is 27.3 Å². The zero-order chi connectivity index (χ0) is 13.7. The molecule has 0 aromatic rings. The van der Waals surface area contributed by atoms with Gasteiger partial charge >= 0.3 is 6.03 Å². The third-order valence-corrected chi connectivity index (χ3v) is 4.04. The number of halogens is 1. The number of carbonyl (C=O) groups excluding carboxylic acids is 1. The number of urea groups is 1. The summed E-state index contributed by atoms with van der Waals surface area (Å²) in [5.74, 6) is 0. The van der Waals surface area contributed by atoms with Crippen LogP contribution >= 0.6 is 15.9 Å². The molecule has 5 nitrogen and oxygen atoms in total. The Hall–Kier alpha value is -0.590. The zero-order valence-electron chi connectivity index (χ0n) is 11.2. The lowest BCUT2D eigenvalue weighted by molar-refractivity contribution is 0.0448. The van der Waals surface area contributed by atoms with Crippen molar-refractivity contribution in [1.29, 1.82) is 0 Å². The van der Waals surface area contributed by atoms with Gasteiger partial charge in [-0.25, -0.2) is 4.79 Å². The van der Waals surface area contributed by atoms with Gasteiger partial charge in [0.25, 0.3) is 0 Å². The first-order chi connectivity index (χ1) is 9.20. The van der Waals surface area contributed by atoms with Crippen LogP contribution in [-0.4, -0.2) is 56.5 Å². The molecule has 2 amide bonds. The topological polar surface area (TPSA) is 50.8 Å². The first-order valence-corrected chi connectivity index (χ1v) is 7.50. The number of hydrogen-bond acceptors (Lipinski definition) is 3. The van der Waals surface area contributed by atoms with Crippen LogP contribution in [0.4, 0.5) is 4.79 Å². The number of methoxy groups -OCH3 is 1. The highest BCUT2D eigenvalue weighted by atomic mass is 79.9. The molecule has 19 heavy (non-hydrogen) atoms. The maximum absolute atomic E-state index is 12.2. The van der Waals surface area contributed by atoms with Gasteiger partial charge in [0.1, 0.15) is 0 Å². The van der Waals surface area contributed by atoms with Gasteiger partial charge in [-0.15, -0.1) is 0 Å². The number of amides is 2. The summed E-state index contributed by atoms with van der Waals surface area (Å²) in [5, 5.41) is 3.04. The molecule has 0 spiro atoms. The molecule has 108 valence electrons. The molecule has 1 N–H and O–H groups in total. The normalized spacial score (nSPS) is 25.1. The van der Waals surface area contributed by atoms with E-state index >= 15 is 0 Å². The Morgan fingerprint density at radius 1 is 1.74 bits per heavy atom. The molecule has 1 saturated heterocycles. The second-order valence-corrected chi connectivity index (χ2v) is 5.94. The number of carbonyl (C=O) groups is 1. The molecule has 0 radical (unpaired) electrons. The van der Waals surface area contributed by atoms with Gasteiger partial charge in [0, 0.05) is 24.7 Å². The molecule has 0 unspecified atom stereocenters. The summed E-state index contributed by atoms with van der Waals surface area (Å²) in [6.45, 7) is 2.66. The number of rotatable bonds is 4. The van der Waals surface area contributed by atoms with E-state index in [0.717, 1.165) is 36.9 Å². The maximum atomic E-state index is 12.2. The molecule has 2 heterocycles. The molecule has 0 bridgehead atoms. The molecule has 2 aliphatic heterocycles. The summed E-state index contributed by atoms with van der Waals surface area (Å²) in [6.07, 6.45) is 5.11. The molecule has 0 aromatic carbocycles. The van der Waals surface area contributed by atoms with Crippen LogP contribution in [0.3, 0.4) is 0 Å². The minimum Gasteiger partial charge on any atom is -0.382 e. The number of hydrogen-bond donors (Lipinski definition) is 1. The summed E-state index contributed by atoms with van der Waals surface area (Å²) in [4.78, 5) is 14.0. The molecule has 0 saturated carbocycles. The lowest BCUT2D eigenvalue weighted by Crippen LogP contribution is -2.52. The van der Waals surface area contributed by atoms with Crippen LogP contribution in [0.15, 0.2) is 10.6 Å². The first-order valence-electron chi connectivity index (χ1n) is 6.71. The summed E-state index contributed by atoms with van der Waals surface area (Å²) >= 11 is 3.45. The largest absolute Gasteiger partial charge is 0.382 e. The van der Waals surface area contributed by atoms with Crippen LogP contribution in [0, 0.1) is 0 Å². The van der Waals surface area contributed by atoms with E-state index in [1.807, 2.05) is 4.90 Å². The third kappa shape index (κ3) is 4.19. The second kappa shape index (κ2) is 7.26. The summed E-state index contributed by atoms with van der Waals surface area (Å²) < 4.78 is 11.9. The van der Waals surface area contributed by atoms with Crippen LogP contribution in [0.2, 0.25) is 0 Å². The molecule has 1 fully saturated rings. The molecule has 2 atom stereocenters. The van der Waals surface area contributed by atoms with Crippen LogP contribution in [-0.2, 0) is 9.47 Å². The van der Waals surface area contributed by atoms with Crippen molar-refractivity contribution in [3.05, 3.63) is 10.6 Å². The minimum absolute atomic E-state index is 0.0393. The van der Waals surface area contributed by atoms with Crippen LogP contribution < -0.4 is 5.32 Å². The standard InChI is InChI=1S/C13H21BrN2O3/c1-18-9-11(12-5-3-7-19-12)15-13(17)16-6-2-4-10(14)8-16/h4,11-12H,2-3,5-9H2,1H3,(H,15,17)/t11-,12-/m1/s1. The van der Waals surface area contributed by atoms with Gasteiger partial charge in [0.2, 0.25) is 0 Å². The molecule has 0 aliphatic carbocycles. The van der Waals surface area contributed by atoms with Crippen LogP contribution in [0.25, 0.3) is 0 Å². The van der Waals surface area contributed by atoms with Crippen molar-refractivity contribution in [3.63, 3.8) is 0 Å². The third-order valence-electron chi connectivity index (χ3n) is 3.46. The van der Waals surface area contributed by atoms with E-state index < -0.39 is 0 Å². The van der Waals surface area contributed by atoms with Gasteiger partial charge in [-0.1, -0.05) is 22.0 Å². The molecule has 6 heteroatoms. The predicted octanol–water partition coefficient (Wildman–Crippen LogP) is 1.87. The van der Waals surface area contributed by atoms with Gasteiger partial charge in [-0.2, -0.15) is 0 Å². The minimum atomic E-state index is -0.0651. The van der Waals surface area contributed by atoms with E-state index in [4.69, 9.17) is 9.47 Å². The van der Waals surface area contributed by atoms with Gasteiger partial charge in [-0.3, -0.25) is 0 Å². The van der Waals surface area contributed by atoms with Crippen molar-refractivity contribution < 1.29 is 14.3 Å². The van der Waals surface area contributed by atoms with E-state index in [9.17, 15) is 4.79 Å². The fourth-order valence-corrected chi connectivity index (χ4v) is 3.00. The monoisotopic (exact) mass is 332 g/mol. The Balaban J connectivity index is 1.89. The number of nitrogens with zero attached hydrogens (tertiary/aromatic N) is 1. The number of nitrogens with one attached hydrogen (secondary N) is 1.